The highest BCUT2D eigenvalue weighted by Crippen LogP contribution is 2.31. The first-order valence-corrected chi connectivity index (χ1v) is 8.43. The van der Waals surface area contributed by atoms with E-state index in [1.807, 2.05) is 11.8 Å². The Kier molecular flexibility index (Phi) is 4.44. The highest BCUT2D eigenvalue weighted by Gasteiger charge is 2.19. The van der Waals surface area contributed by atoms with Crippen molar-refractivity contribution in [1.29, 1.82) is 0 Å². The predicted molar refractivity (Wildman–Crippen MR) is 88.2 cm³/mol. The lowest BCUT2D eigenvalue weighted by atomic mass is 10.0. The van der Waals surface area contributed by atoms with Crippen molar-refractivity contribution >= 4 is 11.8 Å². The zero-order valence-electron chi connectivity index (χ0n) is 11.9. The van der Waals surface area contributed by atoms with Gasteiger partial charge >= 0.3 is 0 Å². The lowest BCUT2D eigenvalue weighted by Gasteiger charge is -2.26. The van der Waals surface area contributed by atoms with Gasteiger partial charge in [0.05, 0.1) is 0 Å². The van der Waals surface area contributed by atoms with Crippen molar-refractivity contribution in [3.63, 3.8) is 0 Å². The van der Waals surface area contributed by atoms with E-state index in [-0.39, 0.29) is 0 Å². The summed E-state index contributed by atoms with van der Waals surface area (Å²) in [5, 5.41) is 3.73. The molecule has 2 aromatic carbocycles. The van der Waals surface area contributed by atoms with Gasteiger partial charge in [-0.1, -0.05) is 48.5 Å². The maximum absolute atomic E-state index is 3.73. The molecule has 1 aliphatic rings. The summed E-state index contributed by atoms with van der Waals surface area (Å²) in [5.74, 6) is 2.34. The van der Waals surface area contributed by atoms with E-state index < -0.39 is 0 Å². The highest BCUT2D eigenvalue weighted by molar-refractivity contribution is 7.98. The summed E-state index contributed by atoms with van der Waals surface area (Å²) in [5.41, 5.74) is 5.85. The SMILES string of the molecule is Cc1ccccc1CCNC1CSCc2ccccc21. The number of hydrogen-bond donors (Lipinski definition) is 1. The molecule has 1 nitrogen and oxygen atoms in total. The Morgan fingerprint density at radius 3 is 2.80 bits per heavy atom. The second-order valence-electron chi connectivity index (χ2n) is 5.40. The second-order valence-corrected chi connectivity index (χ2v) is 6.43. The fourth-order valence-corrected chi connectivity index (χ4v) is 3.96. The third kappa shape index (κ3) is 3.08. The molecule has 0 amide bonds. The van der Waals surface area contributed by atoms with Gasteiger partial charge in [0, 0.05) is 17.5 Å². The molecule has 0 aliphatic carbocycles. The lowest BCUT2D eigenvalue weighted by molar-refractivity contribution is 0.576. The van der Waals surface area contributed by atoms with Crippen LogP contribution in [-0.2, 0) is 12.2 Å². The van der Waals surface area contributed by atoms with E-state index in [0.717, 1.165) is 18.7 Å². The van der Waals surface area contributed by atoms with Gasteiger partial charge in [-0.25, -0.2) is 0 Å². The van der Waals surface area contributed by atoms with E-state index >= 15 is 0 Å². The van der Waals surface area contributed by atoms with Crippen LogP contribution < -0.4 is 5.32 Å². The van der Waals surface area contributed by atoms with Crippen LogP contribution in [0.1, 0.15) is 28.3 Å². The molecule has 1 N–H and O–H groups in total. The summed E-state index contributed by atoms with van der Waals surface area (Å²) >= 11 is 2.03. The van der Waals surface area contributed by atoms with Gasteiger partial charge in [0.15, 0.2) is 0 Å². The summed E-state index contributed by atoms with van der Waals surface area (Å²) < 4.78 is 0. The monoisotopic (exact) mass is 283 g/mol. The fourth-order valence-electron chi connectivity index (χ4n) is 2.82. The number of benzene rings is 2. The third-order valence-corrected chi connectivity index (χ3v) is 5.10. The van der Waals surface area contributed by atoms with E-state index in [1.54, 1.807) is 0 Å². The van der Waals surface area contributed by atoms with Crippen molar-refractivity contribution in [2.24, 2.45) is 0 Å². The predicted octanol–water partition coefficient (Wildman–Crippen LogP) is 4.12. The number of aryl methyl sites for hydroxylation is 1. The number of fused-ring (bicyclic) bond motifs is 1. The van der Waals surface area contributed by atoms with Gasteiger partial charge in [-0.05, 0) is 42.1 Å². The van der Waals surface area contributed by atoms with Crippen LogP contribution >= 0.6 is 11.8 Å². The first-order chi connectivity index (χ1) is 9.84. The summed E-state index contributed by atoms with van der Waals surface area (Å²) in [4.78, 5) is 0. The van der Waals surface area contributed by atoms with Crippen LogP contribution in [0, 0.1) is 6.92 Å². The minimum absolute atomic E-state index is 0.508. The van der Waals surface area contributed by atoms with Crippen LogP contribution in [0.15, 0.2) is 48.5 Å². The zero-order chi connectivity index (χ0) is 13.8. The first-order valence-electron chi connectivity index (χ1n) is 7.28. The van der Waals surface area contributed by atoms with Gasteiger partial charge in [0.2, 0.25) is 0 Å². The Morgan fingerprint density at radius 2 is 1.90 bits per heavy atom. The van der Waals surface area contributed by atoms with Gasteiger partial charge in [-0.3, -0.25) is 0 Å². The molecular formula is C18H21NS. The lowest BCUT2D eigenvalue weighted by Crippen LogP contribution is -2.28. The number of thioether (sulfide) groups is 1. The highest BCUT2D eigenvalue weighted by atomic mass is 32.2. The normalized spacial score (nSPS) is 17.8. The number of rotatable bonds is 4. The first kappa shape index (κ1) is 13.7. The quantitative estimate of drug-likeness (QED) is 0.906. The Hall–Kier alpha value is -1.25. The van der Waals surface area contributed by atoms with E-state index in [4.69, 9.17) is 0 Å². The van der Waals surface area contributed by atoms with Gasteiger partial charge in [-0.2, -0.15) is 11.8 Å². The largest absolute Gasteiger partial charge is 0.309 e. The molecule has 1 unspecified atom stereocenters. The molecule has 0 spiro atoms. The molecule has 1 aliphatic heterocycles. The minimum Gasteiger partial charge on any atom is -0.309 e. The molecule has 0 aromatic heterocycles. The molecule has 0 bridgehead atoms. The van der Waals surface area contributed by atoms with Crippen LogP contribution in [0.25, 0.3) is 0 Å². The van der Waals surface area contributed by atoms with E-state index in [1.165, 1.54) is 28.0 Å². The molecule has 20 heavy (non-hydrogen) atoms. The van der Waals surface area contributed by atoms with Crippen molar-refractivity contribution in [2.75, 3.05) is 12.3 Å². The van der Waals surface area contributed by atoms with E-state index in [9.17, 15) is 0 Å². The number of hydrogen-bond acceptors (Lipinski definition) is 2. The summed E-state index contributed by atoms with van der Waals surface area (Å²) in [6, 6.07) is 18.0. The molecule has 104 valence electrons. The van der Waals surface area contributed by atoms with Crippen LogP contribution in [0.2, 0.25) is 0 Å². The van der Waals surface area contributed by atoms with E-state index in [0.29, 0.717) is 6.04 Å². The molecule has 2 aromatic rings. The average Bonchev–Trinajstić information content (AvgIpc) is 2.49. The molecule has 3 rings (SSSR count). The Morgan fingerprint density at radius 1 is 1.10 bits per heavy atom. The maximum atomic E-state index is 3.73. The standard InChI is InChI=1S/C18H21NS/c1-14-6-2-3-7-15(14)10-11-19-18-13-20-12-16-8-4-5-9-17(16)18/h2-9,18-19H,10-13H2,1H3. The second kappa shape index (κ2) is 6.47. The van der Waals surface area contributed by atoms with Crippen molar-refractivity contribution in [3.05, 3.63) is 70.8 Å². The van der Waals surface area contributed by atoms with E-state index in [2.05, 4.69) is 60.8 Å². The Bertz CT molecular complexity index is 579. The summed E-state index contributed by atoms with van der Waals surface area (Å²) in [6.07, 6.45) is 1.11. The van der Waals surface area contributed by atoms with Gasteiger partial charge in [0.25, 0.3) is 0 Å². The number of nitrogens with one attached hydrogen (secondary N) is 1. The van der Waals surface area contributed by atoms with Crippen LogP contribution in [-0.4, -0.2) is 12.3 Å². The Balaban J connectivity index is 1.61. The Labute approximate surface area is 125 Å². The fraction of sp³-hybridized carbons (Fsp3) is 0.333. The van der Waals surface area contributed by atoms with Crippen LogP contribution in [0.4, 0.5) is 0 Å². The third-order valence-electron chi connectivity index (χ3n) is 4.02. The van der Waals surface area contributed by atoms with Crippen LogP contribution in [0.3, 0.4) is 0 Å². The van der Waals surface area contributed by atoms with Crippen molar-refractivity contribution < 1.29 is 0 Å². The molecule has 0 saturated carbocycles. The van der Waals surface area contributed by atoms with Gasteiger partial charge < -0.3 is 5.32 Å². The minimum atomic E-state index is 0.508. The molecule has 1 atom stereocenters. The van der Waals surface area contributed by atoms with Crippen molar-refractivity contribution in [2.45, 2.75) is 25.1 Å². The van der Waals surface area contributed by atoms with Gasteiger partial charge in [0.1, 0.15) is 0 Å². The summed E-state index contributed by atoms with van der Waals surface area (Å²) in [7, 11) is 0. The average molecular weight is 283 g/mol. The van der Waals surface area contributed by atoms with Gasteiger partial charge in [-0.15, -0.1) is 0 Å². The zero-order valence-corrected chi connectivity index (χ0v) is 12.7. The maximum Gasteiger partial charge on any atom is 0.0415 e. The van der Waals surface area contributed by atoms with Crippen molar-refractivity contribution in [1.82, 2.24) is 5.32 Å². The smallest absolute Gasteiger partial charge is 0.0415 e. The molecule has 0 saturated heterocycles. The molecule has 0 radical (unpaired) electrons. The van der Waals surface area contributed by atoms with Crippen LogP contribution in [0.5, 0.6) is 0 Å². The summed E-state index contributed by atoms with van der Waals surface area (Å²) in [6.45, 7) is 3.24. The molecule has 2 heteroatoms. The van der Waals surface area contributed by atoms with Crippen molar-refractivity contribution in [3.8, 4) is 0 Å². The molecule has 0 fully saturated rings. The topological polar surface area (TPSA) is 12.0 Å². The molecular weight excluding hydrogens is 262 g/mol. The molecule has 1 heterocycles.